The third kappa shape index (κ3) is 2.78. The van der Waals surface area contributed by atoms with Crippen molar-refractivity contribution in [3.05, 3.63) is 34.9 Å². The van der Waals surface area contributed by atoms with Crippen LogP contribution in [0, 0.1) is 0 Å². The molecule has 0 fully saturated rings. The summed E-state index contributed by atoms with van der Waals surface area (Å²) in [6.45, 7) is 5.57. The van der Waals surface area contributed by atoms with Gasteiger partial charge in [-0.15, -0.1) is 0 Å². The van der Waals surface area contributed by atoms with E-state index in [2.05, 4.69) is 6.92 Å². The predicted octanol–water partition coefficient (Wildman–Crippen LogP) is 2.97. The van der Waals surface area contributed by atoms with Crippen LogP contribution in [0.1, 0.15) is 48.7 Å². The summed E-state index contributed by atoms with van der Waals surface area (Å²) in [5, 5.41) is 0. The van der Waals surface area contributed by atoms with E-state index in [9.17, 15) is 9.59 Å². The lowest BCUT2D eigenvalue weighted by atomic mass is 9.93. The van der Waals surface area contributed by atoms with Gasteiger partial charge in [-0.2, -0.15) is 0 Å². The second-order valence-electron chi connectivity index (χ2n) is 3.95. The first-order valence-corrected chi connectivity index (χ1v) is 5.73. The van der Waals surface area contributed by atoms with E-state index >= 15 is 0 Å². The molecule has 0 aliphatic rings. The topological polar surface area (TPSA) is 34.1 Å². The molecule has 0 spiro atoms. The minimum absolute atomic E-state index is 0.0141. The Labute approximate surface area is 96.7 Å². The first kappa shape index (κ1) is 12.6. The van der Waals surface area contributed by atoms with Crippen LogP contribution in [0.3, 0.4) is 0 Å². The van der Waals surface area contributed by atoms with Gasteiger partial charge < -0.3 is 0 Å². The Balaban J connectivity index is 3.12. The Bertz CT molecular complexity index is 405. The highest BCUT2D eigenvalue weighted by Gasteiger charge is 2.14. The maximum absolute atomic E-state index is 11.9. The number of hydrogen-bond donors (Lipinski definition) is 0. The van der Waals surface area contributed by atoms with E-state index in [0.717, 1.165) is 24.0 Å². The molecule has 2 nitrogen and oxygen atoms in total. The molecule has 0 aromatic heterocycles. The third-order valence-electron chi connectivity index (χ3n) is 2.72. The van der Waals surface area contributed by atoms with Gasteiger partial charge in [0.1, 0.15) is 5.78 Å². The van der Waals surface area contributed by atoms with Gasteiger partial charge >= 0.3 is 0 Å². The van der Waals surface area contributed by atoms with Crippen molar-refractivity contribution >= 4 is 11.6 Å². The molecule has 0 aliphatic heterocycles. The van der Waals surface area contributed by atoms with Crippen LogP contribution in [-0.2, 0) is 17.6 Å². The van der Waals surface area contributed by atoms with Gasteiger partial charge in [0.15, 0.2) is 5.78 Å². The van der Waals surface area contributed by atoms with Crippen LogP contribution in [0.5, 0.6) is 0 Å². The van der Waals surface area contributed by atoms with Crippen molar-refractivity contribution in [2.75, 3.05) is 0 Å². The van der Waals surface area contributed by atoms with Crippen molar-refractivity contribution < 1.29 is 9.59 Å². The molecule has 1 aromatic carbocycles. The summed E-state index contributed by atoms with van der Waals surface area (Å²) < 4.78 is 0. The normalized spacial score (nSPS) is 10.2. The van der Waals surface area contributed by atoms with Crippen LogP contribution in [0.4, 0.5) is 0 Å². The average Bonchev–Trinajstić information content (AvgIpc) is 2.26. The van der Waals surface area contributed by atoms with Crippen LogP contribution in [0.2, 0.25) is 0 Å². The molecule has 0 saturated heterocycles. The molecule has 0 saturated carbocycles. The molecule has 0 unspecified atom stereocenters. The van der Waals surface area contributed by atoms with Gasteiger partial charge in [0.05, 0.1) is 6.42 Å². The van der Waals surface area contributed by atoms with Crippen molar-refractivity contribution in [1.29, 1.82) is 0 Å². The number of carbonyl (C=O) groups is 2. The highest BCUT2D eigenvalue weighted by Crippen LogP contribution is 2.18. The SMILES string of the molecule is CCc1cccc(C(=O)CC(C)=O)c1CC. The molecule has 1 aromatic rings. The van der Waals surface area contributed by atoms with Crippen molar-refractivity contribution in [3.63, 3.8) is 0 Å². The Hall–Kier alpha value is -1.44. The van der Waals surface area contributed by atoms with Crippen LogP contribution in [0.25, 0.3) is 0 Å². The van der Waals surface area contributed by atoms with Crippen molar-refractivity contribution in [3.8, 4) is 0 Å². The third-order valence-corrected chi connectivity index (χ3v) is 2.72. The van der Waals surface area contributed by atoms with Gasteiger partial charge in [0.25, 0.3) is 0 Å². The Morgan fingerprint density at radius 2 is 1.81 bits per heavy atom. The summed E-state index contributed by atoms with van der Waals surface area (Å²) in [7, 11) is 0. The fourth-order valence-corrected chi connectivity index (χ4v) is 1.97. The Kier molecular flexibility index (Phi) is 4.41. The second kappa shape index (κ2) is 5.59. The molecule has 0 aliphatic carbocycles. The van der Waals surface area contributed by atoms with E-state index in [1.54, 1.807) is 0 Å². The van der Waals surface area contributed by atoms with Crippen LogP contribution in [-0.4, -0.2) is 11.6 Å². The first-order chi connectivity index (χ1) is 7.60. The lowest BCUT2D eigenvalue weighted by Gasteiger charge is -2.10. The number of benzene rings is 1. The van der Waals surface area contributed by atoms with Gasteiger partial charge in [-0.1, -0.05) is 32.0 Å². The fourth-order valence-electron chi connectivity index (χ4n) is 1.97. The largest absolute Gasteiger partial charge is 0.300 e. The maximum Gasteiger partial charge on any atom is 0.170 e. The summed E-state index contributed by atoms with van der Waals surface area (Å²) >= 11 is 0. The lowest BCUT2D eigenvalue weighted by Crippen LogP contribution is -2.09. The molecule has 0 N–H and O–H groups in total. The standard InChI is InChI=1S/C14H18O2/c1-4-11-7-6-8-13(12(11)5-2)14(16)9-10(3)15/h6-8H,4-5,9H2,1-3H3. The van der Waals surface area contributed by atoms with Crippen LogP contribution < -0.4 is 0 Å². The van der Waals surface area contributed by atoms with Gasteiger partial charge in [0, 0.05) is 5.56 Å². The number of carbonyl (C=O) groups excluding carboxylic acids is 2. The Morgan fingerprint density at radius 1 is 1.12 bits per heavy atom. The summed E-state index contributed by atoms with van der Waals surface area (Å²) in [5.41, 5.74) is 3.02. The molecular formula is C14H18O2. The summed E-state index contributed by atoms with van der Waals surface area (Å²) in [5.74, 6) is -0.131. The van der Waals surface area contributed by atoms with Crippen LogP contribution in [0.15, 0.2) is 18.2 Å². The van der Waals surface area contributed by atoms with E-state index in [1.807, 2.05) is 25.1 Å². The minimum atomic E-state index is -0.0750. The highest BCUT2D eigenvalue weighted by molar-refractivity contribution is 6.08. The smallest absolute Gasteiger partial charge is 0.170 e. The lowest BCUT2D eigenvalue weighted by molar-refractivity contribution is -0.116. The molecule has 0 atom stereocenters. The first-order valence-electron chi connectivity index (χ1n) is 5.73. The average molecular weight is 218 g/mol. The Morgan fingerprint density at radius 3 is 2.31 bits per heavy atom. The van der Waals surface area contributed by atoms with Crippen molar-refractivity contribution in [2.24, 2.45) is 0 Å². The van der Waals surface area contributed by atoms with Gasteiger partial charge in [-0.25, -0.2) is 0 Å². The molecule has 2 heteroatoms. The van der Waals surface area contributed by atoms with Crippen molar-refractivity contribution in [2.45, 2.75) is 40.0 Å². The van der Waals surface area contributed by atoms with Crippen LogP contribution >= 0.6 is 0 Å². The van der Waals surface area contributed by atoms with E-state index < -0.39 is 0 Å². The number of rotatable bonds is 5. The molecule has 1 rings (SSSR count). The van der Waals surface area contributed by atoms with Gasteiger partial charge in [-0.3, -0.25) is 9.59 Å². The number of Topliss-reactive ketones (excluding diaryl/α,β-unsaturated/α-hetero) is 2. The molecular weight excluding hydrogens is 200 g/mol. The van der Waals surface area contributed by atoms with Crippen molar-refractivity contribution in [1.82, 2.24) is 0 Å². The summed E-state index contributed by atoms with van der Waals surface area (Å²) in [6, 6.07) is 5.76. The quantitative estimate of drug-likeness (QED) is 0.562. The zero-order valence-corrected chi connectivity index (χ0v) is 10.2. The van der Waals surface area contributed by atoms with E-state index in [4.69, 9.17) is 0 Å². The molecule has 86 valence electrons. The highest BCUT2D eigenvalue weighted by atomic mass is 16.1. The maximum atomic E-state index is 11.9. The molecule has 0 bridgehead atoms. The number of aryl methyl sites for hydroxylation is 1. The predicted molar refractivity (Wildman–Crippen MR) is 64.8 cm³/mol. The van der Waals surface area contributed by atoms with Gasteiger partial charge in [0.2, 0.25) is 0 Å². The zero-order valence-electron chi connectivity index (χ0n) is 10.2. The molecule has 0 heterocycles. The summed E-state index contributed by atoms with van der Waals surface area (Å²) in [4.78, 5) is 22.8. The summed E-state index contributed by atoms with van der Waals surface area (Å²) in [6.07, 6.45) is 1.77. The molecule has 16 heavy (non-hydrogen) atoms. The van der Waals surface area contributed by atoms with Gasteiger partial charge in [-0.05, 0) is 30.9 Å². The molecule has 0 amide bonds. The van der Waals surface area contributed by atoms with E-state index in [1.165, 1.54) is 12.5 Å². The monoisotopic (exact) mass is 218 g/mol. The fraction of sp³-hybridized carbons (Fsp3) is 0.429. The second-order valence-corrected chi connectivity index (χ2v) is 3.95. The van der Waals surface area contributed by atoms with E-state index in [0.29, 0.717) is 0 Å². The van der Waals surface area contributed by atoms with E-state index in [-0.39, 0.29) is 18.0 Å². The number of ketones is 2. The minimum Gasteiger partial charge on any atom is -0.300 e. The number of hydrogen-bond acceptors (Lipinski definition) is 2. The molecule has 0 radical (unpaired) electrons. The zero-order chi connectivity index (χ0) is 12.1.